The van der Waals surface area contributed by atoms with Crippen molar-refractivity contribution in [2.24, 2.45) is 5.73 Å². The first-order chi connectivity index (χ1) is 9.89. The Morgan fingerprint density at radius 2 is 1.45 bits per heavy atom. The molecular formula is C10H16N2O8P2. The summed E-state index contributed by atoms with van der Waals surface area (Å²) in [7, 11) is -9.41. The summed E-state index contributed by atoms with van der Waals surface area (Å²) in [6, 6.07) is 3.46. The first-order valence-electron chi connectivity index (χ1n) is 5.80. The van der Waals surface area contributed by atoms with E-state index in [1.807, 2.05) is 0 Å². The molecule has 0 bridgehead atoms. The van der Waals surface area contributed by atoms with E-state index in [0.717, 1.165) is 0 Å². The number of nitrogens with two attached hydrogens (primary N) is 1. The summed E-state index contributed by atoms with van der Waals surface area (Å²) in [6.07, 6.45) is -2.13. The van der Waals surface area contributed by atoms with Gasteiger partial charge in [0.15, 0.2) is 0 Å². The Morgan fingerprint density at radius 1 is 1.05 bits per heavy atom. The number of amides is 1. The minimum Gasteiger partial charge on any atom is -0.508 e. The van der Waals surface area contributed by atoms with Crippen LogP contribution in [-0.2, 0) is 13.9 Å². The quantitative estimate of drug-likeness (QED) is 0.351. The topological polar surface area (TPSA) is 182 Å². The Labute approximate surface area is 125 Å². The third-order valence-corrected chi connectivity index (χ3v) is 4.04. The molecule has 10 nitrogen and oxygen atoms in total. The zero-order chi connectivity index (χ0) is 17.1. The van der Waals surface area contributed by atoms with Gasteiger partial charge in [-0.05, 0) is 17.7 Å². The maximum atomic E-state index is 11.6. The van der Waals surface area contributed by atoms with Crippen LogP contribution in [0.5, 0.6) is 5.75 Å². The van der Waals surface area contributed by atoms with Gasteiger partial charge in [0.1, 0.15) is 24.4 Å². The highest BCUT2D eigenvalue weighted by Gasteiger charge is 2.34. The average molecular weight is 354 g/mol. The van der Waals surface area contributed by atoms with E-state index in [4.69, 9.17) is 25.3 Å². The predicted octanol–water partition coefficient (Wildman–Crippen LogP) is -0.509. The molecule has 7 N–H and O–H groups in total. The lowest BCUT2D eigenvalue weighted by molar-refractivity contribution is -0.122. The van der Waals surface area contributed by atoms with Crippen molar-refractivity contribution in [1.29, 1.82) is 0 Å². The summed E-state index contributed by atoms with van der Waals surface area (Å²) in [6.45, 7) is 0. The van der Waals surface area contributed by atoms with Crippen molar-refractivity contribution in [1.82, 2.24) is 4.90 Å². The summed E-state index contributed by atoms with van der Waals surface area (Å²) in [4.78, 5) is 48.4. The molecule has 1 amide bonds. The molecule has 1 rings (SSSR count). The molecule has 1 atom stereocenters. The number of aromatic hydroxyl groups is 1. The number of phenolic OH excluding ortho intramolecular Hbond substituents is 1. The molecule has 0 spiro atoms. The minimum absolute atomic E-state index is 0.122. The molecule has 0 aliphatic heterocycles. The number of nitrogens with zero attached hydrogens (tertiary/aromatic N) is 1. The lowest BCUT2D eigenvalue weighted by atomic mass is 10.1. The zero-order valence-corrected chi connectivity index (χ0v) is 13.0. The van der Waals surface area contributed by atoms with Crippen molar-refractivity contribution < 1.29 is 38.6 Å². The number of phenols is 1. The maximum Gasteiger partial charge on any atom is 0.339 e. The second-order valence-electron chi connectivity index (χ2n) is 4.60. The van der Waals surface area contributed by atoms with Gasteiger partial charge < -0.3 is 30.4 Å². The van der Waals surface area contributed by atoms with Crippen LogP contribution in [0.3, 0.4) is 0 Å². The molecule has 1 aromatic carbocycles. The first-order valence-corrected chi connectivity index (χ1v) is 9.40. The standard InChI is InChI=1S/C10H16N2O8P2/c11-10(14)9(7-1-3-8(13)4-2-7)12(5-21(15,16)17)6-22(18,19)20/h1-4,9,13H,5-6H2,(H2,11,14)(H2,15,16,17)(H2,18,19,20). The third-order valence-electron chi connectivity index (χ3n) is 2.58. The zero-order valence-electron chi connectivity index (χ0n) is 11.2. The Balaban J connectivity index is 3.25. The van der Waals surface area contributed by atoms with Gasteiger partial charge in [0, 0.05) is 0 Å². The summed E-state index contributed by atoms with van der Waals surface area (Å²) in [5, 5.41) is 9.21. The van der Waals surface area contributed by atoms with Crippen LogP contribution in [0.25, 0.3) is 0 Å². The van der Waals surface area contributed by atoms with Crippen molar-refractivity contribution >= 4 is 21.1 Å². The van der Waals surface area contributed by atoms with Crippen LogP contribution in [0.4, 0.5) is 0 Å². The van der Waals surface area contributed by atoms with Gasteiger partial charge in [0.2, 0.25) is 5.91 Å². The smallest absolute Gasteiger partial charge is 0.339 e. The highest BCUT2D eigenvalue weighted by Crippen LogP contribution is 2.44. The molecule has 22 heavy (non-hydrogen) atoms. The fourth-order valence-corrected chi connectivity index (χ4v) is 3.52. The van der Waals surface area contributed by atoms with Gasteiger partial charge in [-0.15, -0.1) is 0 Å². The fourth-order valence-electron chi connectivity index (χ4n) is 1.89. The summed E-state index contributed by atoms with van der Waals surface area (Å²) in [5.74, 6) is -1.17. The second kappa shape index (κ2) is 6.89. The summed E-state index contributed by atoms with van der Waals surface area (Å²) >= 11 is 0. The highest BCUT2D eigenvalue weighted by molar-refractivity contribution is 7.52. The minimum atomic E-state index is -4.71. The largest absolute Gasteiger partial charge is 0.508 e. The van der Waals surface area contributed by atoms with Crippen molar-refractivity contribution in [3.63, 3.8) is 0 Å². The van der Waals surface area contributed by atoms with Gasteiger partial charge in [-0.2, -0.15) is 0 Å². The maximum absolute atomic E-state index is 11.6. The van der Waals surface area contributed by atoms with Crippen LogP contribution in [0.1, 0.15) is 11.6 Å². The van der Waals surface area contributed by atoms with Gasteiger partial charge in [-0.1, -0.05) is 12.1 Å². The van der Waals surface area contributed by atoms with Crippen molar-refractivity contribution in [3.05, 3.63) is 29.8 Å². The Bertz CT molecular complexity index is 598. The Hall–Kier alpha value is -1.25. The van der Waals surface area contributed by atoms with Gasteiger partial charge >= 0.3 is 15.2 Å². The Morgan fingerprint density at radius 3 is 1.77 bits per heavy atom. The summed E-state index contributed by atoms with van der Waals surface area (Å²) < 4.78 is 22.3. The number of hydrogen-bond acceptors (Lipinski definition) is 5. The molecule has 0 aromatic heterocycles. The number of hydrogen-bond donors (Lipinski definition) is 6. The van der Waals surface area contributed by atoms with E-state index in [9.17, 15) is 19.0 Å². The molecule has 1 aromatic rings. The molecule has 1 unspecified atom stereocenters. The van der Waals surface area contributed by atoms with Crippen molar-refractivity contribution in [2.75, 3.05) is 12.6 Å². The molecule has 0 radical (unpaired) electrons. The van der Waals surface area contributed by atoms with E-state index in [2.05, 4.69) is 0 Å². The lowest BCUT2D eigenvalue weighted by Gasteiger charge is -2.29. The van der Waals surface area contributed by atoms with E-state index >= 15 is 0 Å². The second-order valence-corrected chi connectivity index (χ2v) is 7.82. The van der Waals surface area contributed by atoms with E-state index < -0.39 is 39.7 Å². The fraction of sp³-hybridized carbons (Fsp3) is 0.300. The number of benzene rings is 1. The lowest BCUT2D eigenvalue weighted by Crippen LogP contribution is -2.39. The van der Waals surface area contributed by atoms with E-state index in [1.54, 1.807) is 0 Å². The van der Waals surface area contributed by atoms with Crippen LogP contribution in [0.15, 0.2) is 24.3 Å². The van der Waals surface area contributed by atoms with Crippen LogP contribution in [0.2, 0.25) is 0 Å². The molecule has 0 heterocycles. The number of carbonyl (C=O) groups is 1. The molecule has 12 heteroatoms. The van der Waals surface area contributed by atoms with Crippen LogP contribution in [-0.4, -0.2) is 48.1 Å². The van der Waals surface area contributed by atoms with E-state index in [0.29, 0.717) is 4.90 Å². The van der Waals surface area contributed by atoms with Gasteiger partial charge in [0.25, 0.3) is 0 Å². The monoisotopic (exact) mass is 354 g/mol. The number of primary amides is 1. The number of carbonyl (C=O) groups excluding carboxylic acids is 1. The van der Waals surface area contributed by atoms with Gasteiger partial charge in [-0.3, -0.25) is 18.8 Å². The highest BCUT2D eigenvalue weighted by atomic mass is 31.2. The van der Waals surface area contributed by atoms with E-state index in [-0.39, 0.29) is 11.3 Å². The first kappa shape index (κ1) is 18.8. The molecular weight excluding hydrogens is 338 g/mol. The SMILES string of the molecule is NC(=O)C(c1ccc(O)cc1)N(CP(=O)(O)O)CP(=O)(O)O. The summed E-state index contributed by atoms with van der Waals surface area (Å²) in [5.41, 5.74) is 5.33. The van der Waals surface area contributed by atoms with Crippen LogP contribution < -0.4 is 5.73 Å². The molecule has 124 valence electrons. The van der Waals surface area contributed by atoms with Gasteiger partial charge in [0.05, 0.1) is 0 Å². The normalized spacial score (nSPS) is 14.0. The molecule has 0 fully saturated rings. The molecule has 0 saturated carbocycles. The van der Waals surface area contributed by atoms with Crippen LogP contribution in [0, 0.1) is 0 Å². The van der Waals surface area contributed by atoms with Gasteiger partial charge in [-0.25, -0.2) is 0 Å². The van der Waals surface area contributed by atoms with E-state index in [1.165, 1.54) is 24.3 Å². The predicted molar refractivity (Wildman–Crippen MR) is 75.7 cm³/mol. The van der Waals surface area contributed by atoms with Crippen LogP contribution >= 0.6 is 15.2 Å². The third kappa shape index (κ3) is 6.25. The Kier molecular flexibility index (Phi) is 5.89. The average Bonchev–Trinajstić information content (AvgIpc) is 2.27. The number of rotatable bonds is 7. The molecule has 0 aliphatic rings. The molecule has 0 saturated heterocycles. The van der Waals surface area contributed by atoms with Crippen molar-refractivity contribution in [2.45, 2.75) is 6.04 Å². The molecule has 0 aliphatic carbocycles. The van der Waals surface area contributed by atoms with Crippen molar-refractivity contribution in [3.8, 4) is 5.75 Å².